The number of hydrogen-bond donors (Lipinski definition) is 2. The summed E-state index contributed by atoms with van der Waals surface area (Å²) in [7, 11) is 0. The fraction of sp³-hybridized carbons (Fsp3) is 0.333. The molecular formula is C12H16N4S. The molecule has 4 nitrogen and oxygen atoms in total. The Morgan fingerprint density at radius 2 is 2.00 bits per heavy atom. The second-order valence-electron chi connectivity index (χ2n) is 3.88. The van der Waals surface area contributed by atoms with Gasteiger partial charge in [0.05, 0.1) is 0 Å². The number of hydrogen-bond acceptors (Lipinski definition) is 5. The zero-order chi connectivity index (χ0) is 12.1. The lowest BCUT2D eigenvalue weighted by atomic mass is 10.1. The average Bonchev–Trinajstić information content (AvgIpc) is 2.77. The van der Waals surface area contributed by atoms with Crippen molar-refractivity contribution in [1.82, 2.24) is 10.2 Å². The second-order valence-corrected chi connectivity index (χ2v) is 4.94. The lowest BCUT2D eigenvalue weighted by Gasteiger charge is -2.02. The molecule has 0 saturated heterocycles. The molecular weight excluding hydrogens is 232 g/mol. The molecule has 5 heteroatoms. The van der Waals surface area contributed by atoms with Crippen molar-refractivity contribution in [2.45, 2.75) is 19.9 Å². The number of nitrogens with zero attached hydrogens (tertiary/aromatic N) is 2. The Hall–Kier alpha value is -1.46. The predicted octanol–water partition coefficient (Wildman–Crippen LogP) is 1.96. The fourth-order valence-corrected chi connectivity index (χ4v) is 2.18. The third kappa shape index (κ3) is 3.51. The number of aryl methyl sites for hydroxylation is 1. The molecule has 0 bridgehead atoms. The first-order valence-electron chi connectivity index (χ1n) is 5.60. The summed E-state index contributed by atoms with van der Waals surface area (Å²) in [5, 5.41) is 13.2. The van der Waals surface area contributed by atoms with Crippen molar-refractivity contribution in [3.63, 3.8) is 0 Å². The van der Waals surface area contributed by atoms with Crippen LogP contribution < -0.4 is 11.1 Å². The largest absolute Gasteiger partial charge is 0.356 e. The molecule has 0 fully saturated rings. The van der Waals surface area contributed by atoms with Crippen molar-refractivity contribution in [3.8, 4) is 0 Å². The van der Waals surface area contributed by atoms with Crippen molar-refractivity contribution in [2.24, 2.45) is 5.73 Å². The van der Waals surface area contributed by atoms with E-state index in [1.807, 2.05) is 0 Å². The van der Waals surface area contributed by atoms with Crippen LogP contribution in [0, 0.1) is 6.92 Å². The van der Waals surface area contributed by atoms with Crippen LogP contribution in [0.5, 0.6) is 0 Å². The van der Waals surface area contributed by atoms with Gasteiger partial charge in [-0.05, 0) is 19.0 Å². The molecule has 0 saturated carbocycles. The van der Waals surface area contributed by atoms with E-state index in [9.17, 15) is 0 Å². The monoisotopic (exact) mass is 248 g/mol. The highest BCUT2D eigenvalue weighted by molar-refractivity contribution is 7.15. The number of nitrogens with one attached hydrogen (secondary N) is 1. The maximum absolute atomic E-state index is 5.47. The van der Waals surface area contributed by atoms with Gasteiger partial charge in [0, 0.05) is 13.0 Å². The fourth-order valence-electron chi connectivity index (χ4n) is 1.43. The van der Waals surface area contributed by atoms with Gasteiger partial charge in [-0.3, -0.25) is 0 Å². The molecule has 1 heterocycles. The molecule has 0 aliphatic carbocycles. The van der Waals surface area contributed by atoms with Gasteiger partial charge >= 0.3 is 0 Å². The van der Waals surface area contributed by atoms with Gasteiger partial charge in [-0.2, -0.15) is 0 Å². The smallest absolute Gasteiger partial charge is 0.205 e. The molecule has 0 spiro atoms. The minimum absolute atomic E-state index is 0.618. The number of aromatic nitrogens is 2. The number of rotatable bonds is 5. The van der Waals surface area contributed by atoms with Gasteiger partial charge in [-0.1, -0.05) is 41.2 Å². The molecule has 0 amide bonds. The maximum Gasteiger partial charge on any atom is 0.205 e. The highest BCUT2D eigenvalue weighted by atomic mass is 32.1. The lowest BCUT2D eigenvalue weighted by Crippen LogP contribution is -2.01. The second kappa shape index (κ2) is 5.75. The Morgan fingerprint density at radius 1 is 1.24 bits per heavy atom. The molecule has 1 aromatic heterocycles. The van der Waals surface area contributed by atoms with E-state index in [1.165, 1.54) is 11.1 Å². The average molecular weight is 248 g/mol. The lowest BCUT2D eigenvalue weighted by molar-refractivity contribution is 0.910. The van der Waals surface area contributed by atoms with E-state index in [4.69, 9.17) is 5.73 Å². The van der Waals surface area contributed by atoms with E-state index in [-0.39, 0.29) is 0 Å². The standard InChI is InChI=1S/C12H16N4S/c1-9-2-4-10(5-3-9)8-14-12-16-15-11(17-12)6-7-13/h2-5H,6-8,13H2,1H3,(H,14,16). The topological polar surface area (TPSA) is 63.8 Å². The van der Waals surface area contributed by atoms with Crippen molar-refractivity contribution in [1.29, 1.82) is 0 Å². The van der Waals surface area contributed by atoms with Gasteiger partial charge in [0.2, 0.25) is 5.13 Å². The Kier molecular flexibility index (Phi) is 4.06. The molecule has 90 valence electrons. The summed E-state index contributed by atoms with van der Waals surface area (Å²) in [6.45, 7) is 3.48. The summed E-state index contributed by atoms with van der Waals surface area (Å²) in [4.78, 5) is 0. The van der Waals surface area contributed by atoms with Gasteiger partial charge in [-0.15, -0.1) is 10.2 Å². The minimum atomic E-state index is 0.618. The van der Waals surface area contributed by atoms with Crippen LogP contribution in [0.15, 0.2) is 24.3 Å². The Balaban J connectivity index is 1.90. The molecule has 0 atom stereocenters. The highest BCUT2D eigenvalue weighted by Gasteiger charge is 2.02. The maximum atomic E-state index is 5.47. The first kappa shape index (κ1) is 12.0. The van der Waals surface area contributed by atoms with E-state index in [1.54, 1.807) is 11.3 Å². The highest BCUT2D eigenvalue weighted by Crippen LogP contribution is 2.16. The first-order valence-corrected chi connectivity index (χ1v) is 6.41. The van der Waals surface area contributed by atoms with Crippen LogP contribution in [-0.2, 0) is 13.0 Å². The third-order valence-electron chi connectivity index (χ3n) is 2.39. The van der Waals surface area contributed by atoms with Crippen molar-refractivity contribution in [3.05, 3.63) is 40.4 Å². The Morgan fingerprint density at radius 3 is 2.71 bits per heavy atom. The van der Waals surface area contributed by atoms with Gasteiger partial charge in [0.1, 0.15) is 5.01 Å². The van der Waals surface area contributed by atoms with Crippen LogP contribution in [0.25, 0.3) is 0 Å². The number of nitrogens with two attached hydrogens (primary N) is 1. The van der Waals surface area contributed by atoms with E-state index in [0.717, 1.165) is 23.1 Å². The molecule has 0 aliphatic heterocycles. The molecule has 0 unspecified atom stereocenters. The normalized spacial score (nSPS) is 10.5. The van der Waals surface area contributed by atoms with Gasteiger partial charge < -0.3 is 11.1 Å². The van der Waals surface area contributed by atoms with Crippen LogP contribution in [0.3, 0.4) is 0 Å². The third-order valence-corrected chi connectivity index (χ3v) is 3.33. The quantitative estimate of drug-likeness (QED) is 0.849. The molecule has 17 heavy (non-hydrogen) atoms. The van der Waals surface area contributed by atoms with E-state index >= 15 is 0 Å². The first-order chi connectivity index (χ1) is 8.28. The molecule has 2 aromatic rings. The van der Waals surface area contributed by atoms with E-state index in [0.29, 0.717) is 6.54 Å². The summed E-state index contributed by atoms with van der Waals surface area (Å²) in [6, 6.07) is 8.45. The molecule has 2 rings (SSSR count). The number of benzene rings is 1. The van der Waals surface area contributed by atoms with Crippen LogP contribution in [0.4, 0.5) is 5.13 Å². The molecule has 3 N–H and O–H groups in total. The van der Waals surface area contributed by atoms with Crippen LogP contribution >= 0.6 is 11.3 Å². The Labute approximate surface area is 105 Å². The van der Waals surface area contributed by atoms with Crippen LogP contribution in [-0.4, -0.2) is 16.7 Å². The summed E-state index contributed by atoms with van der Waals surface area (Å²) >= 11 is 1.57. The van der Waals surface area contributed by atoms with Crippen LogP contribution in [0.1, 0.15) is 16.1 Å². The SMILES string of the molecule is Cc1ccc(CNc2nnc(CCN)s2)cc1. The van der Waals surface area contributed by atoms with Crippen molar-refractivity contribution in [2.75, 3.05) is 11.9 Å². The van der Waals surface area contributed by atoms with Crippen molar-refractivity contribution >= 4 is 16.5 Å². The summed E-state index contributed by atoms with van der Waals surface area (Å²) in [5.41, 5.74) is 7.98. The Bertz CT molecular complexity index is 464. The van der Waals surface area contributed by atoms with Gasteiger partial charge in [-0.25, -0.2) is 0 Å². The summed E-state index contributed by atoms with van der Waals surface area (Å²) < 4.78 is 0. The number of anilines is 1. The van der Waals surface area contributed by atoms with Crippen LogP contribution in [0.2, 0.25) is 0 Å². The minimum Gasteiger partial charge on any atom is -0.356 e. The molecule has 0 radical (unpaired) electrons. The van der Waals surface area contributed by atoms with E-state index < -0.39 is 0 Å². The van der Waals surface area contributed by atoms with Gasteiger partial charge in [0.25, 0.3) is 0 Å². The predicted molar refractivity (Wildman–Crippen MR) is 71.2 cm³/mol. The zero-order valence-corrected chi connectivity index (χ0v) is 10.6. The van der Waals surface area contributed by atoms with E-state index in [2.05, 4.69) is 46.7 Å². The molecule has 0 aliphatic rings. The summed E-state index contributed by atoms with van der Waals surface area (Å²) in [6.07, 6.45) is 0.796. The van der Waals surface area contributed by atoms with Crippen molar-refractivity contribution < 1.29 is 0 Å². The van der Waals surface area contributed by atoms with Gasteiger partial charge in [0.15, 0.2) is 0 Å². The zero-order valence-electron chi connectivity index (χ0n) is 9.81. The molecule has 1 aromatic carbocycles. The summed E-state index contributed by atoms with van der Waals surface area (Å²) in [5.74, 6) is 0.